The fourth-order valence-electron chi connectivity index (χ4n) is 1.11. The summed E-state index contributed by atoms with van der Waals surface area (Å²) < 4.78 is 24.8. The minimum Gasteiger partial charge on any atom is -0.481 e. The number of aliphatic carboxylic acids is 1. The molecule has 1 aromatic rings. The average molecular weight is 212 g/mol. The van der Waals surface area contributed by atoms with Crippen molar-refractivity contribution in [2.24, 2.45) is 0 Å². The van der Waals surface area contributed by atoms with E-state index in [2.05, 4.69) is 4.98 Å². The Bertz CT molecular complexity index is 427. The number of nitrogens with zero attached hydrogens (tertiary/aromatic N) is 2. The number of hydrogen-bond donors (Lipinski definition) is 1. The van der Waals surface area contributed by atoms with Crippen LogP contribution in [0.15, 0.2) is 12.3 Å². The highest BCUT2D eigenvalue weighted by Crippen LogP contribution is 2.23. The van der Waals surface area contributed by atoms with Crippen molar-refractivity contribution in [3.05, 3.63) is 29.1 Å². The molecule has 0 aliphatic heterocycles. The predicted octanol–water partition coefficient (Wildman–Crippen LogP) is 1.52. The molecule has 0 radical (unpaired) electrons. The molecule has 6 heteroatoms. The van der Waals surface area contributed by atoms with Crippen LogP contribution in [-0.2, 0) is 11.2 Å². The summed E-state index contributed by atoms with van der Waals surface area (Å²) in [5.41, 5.74) is -0.971. The van der Waals surface area contributed by atoms with Crippen molar-refractivity contribution >= 4 is 5.97 Å². The molecule has 0 bridgehead atoms. The van der Waals surface area contributed by atoms with Crippen molar-refractivity contribution in [3.8, 4) is 6.07 Å². The highest BCUT2D eigenvalue weighted by molar-refractivity contribution is 5.70. The smallest absolute Gasteiger partial charge is 0.309 e. The number of carboxylic acid groups (broad SMARTS) is 1. The van der Waals surface area contributed by atoms with Gasteiger partial charge in [-0.1, -0.05) is 0 Å². The molecule has 15 heavy (non-hydrogen) atoms. The summed E-state index contributed by atoms with van der Waals surface area (Å²) in [6.45, 7) is 0. The quantitative estimate of drug-likeness (QED) is 0.824. The summed E-state index contributed by atoms with van der Waals surface area (Å²) in [6, 6.07) is 2.55. The Morgan fingerprint density at radius 1 is 1.67 bits per heavy atom. The molecule has 0 atom stereocenters. The van der Waals surface area contributed by atoms with Gasteiger partial charge >= 0.3 is 5.97 Å². The highest BCUT2D eigenvalue weighted by Gasteiger charge is 2.18. The van der Waals surface area contributed by atoms with Crippen molar-refractivity contribution in [1.82, 2.24) is 4.98 Å². The molecule has 0 fully saturated rings. The van der Waals surface area contributed by atoms with Crippen LogP contribution in [-0.4, -0.2) is 16.1 Å². The summed E-state index contributed by atoms with van der Waals surface area (Å²) in [7, 11) is 0. The van der Waals surface area contributed by atoms with E-state index in [1.165, 1.54) is 0 Å². The van der Waals surface area contributed by atoms with Crippen LogP contribution in [0.2, 0.25) is 0 Å². The Morgan fingerprint density at radius 2 is 2.33 bits per heavy atom. The summed E-state index contributed by atoms with van der Waals surface area (Å²) in [6.07, 6.45) is -2.28. The van der Waals surface area contributed by atoms with Gasteiger partial charge in [0.2, 0.25) is 0 Å². The van der Waals surface area contributed by atoms with Crippen LogP contribution in [0.3, 0.4) is 0 Å². The second-order valence-electron chi connectivity index (χ2n) is 2.70. The number of carbonyl (C=O) groups is 1. The fourth-order valence-corrected chi connectivity index (χ4v) is 1.11. The first-order valence-electron chi connectivity index (χ1n) is 3.94. The Balaban J connectivity index is 3.23. The Morgan fingerprint density at radius 3 is 2.80 bits per heavy atom. The minimum atomic E-state index is -2.81. The van der Waals surface area contributed by atoms with Crippen molar-refractivity contribution < 1.29 is 18.7 Å². The van der Waals surface area contributed by atoms with E-state index in [0.29, 0.717) is 0 Å². The number of alkyl halides is 2. The molecule has 0 saturated heterocycles. The lowest BCUT2D eigenvalue weighted by atomic mass is 10.1. The molecule has 0 aliphatic carbocycles. The third-order valence-corrected chi connectivity index (χ3v) is 1.73. The van der Waals surface area contributed by atoms with Gasteiger partial charge in [0.05, 0.1) is 17.7 Å². The molecule has 4 nitrogen and oxygen atoms in total. The van der Waals surface area contributed by atoms with Gasteiger partial charge < -0.3 is 5.11 Å². The molecule has 0 saturated carbocycles. The summed E-state index contributed by atoms with van der Waals surface area (Å²) >= 11 is 0. The Kier molecular flexibility index (Phi) is 3.29. The Hall–Kier alpha value is -2.03. The van der Waals surface area contributed by atoms with E-state index in [0.717, 1.165) is 12.3 Å². The SMILES string of the molecule is N#Cc1c(C(F)F)ccnc1CC(=O)O. The second-order valence-corrected chi connectivity index (χ2v) is 2.70. The van der Waals surface area contributed by atoms with Gasteiger partial charge in [0.1, 0.15) is 6.07 Å². The third-order valence-electron chi connectivity index (χ3n) is 1.73. The molecule has 1 heterocycles. The molecule has 1 aromatic heterocycles. The number of aromatic nitrogens is 1. The number of halogens is 2. The van der Waals surface area contributed by atoms with Gasteiger partial charge in [-0.15, -0.1) is 0 Å². The lowest BCUT2D eigenvalue weighted by Crippen LogP contribution is -2.07. The first-order chi connectivity index (χ1) is 7.06. The summed E-state index contributed by atoms with van der Waals surface area (Å²) in [4.78, 5) is 14.0. The molecule has 0 aliphatic rings. The van der Waals surface area contributed by atoms with E-state index in [9.17, 15) is 13.6 Å². The molecule has 0 amide bonds. The maximum Gasteiger partial charge on any atom is 0.309 e. The van der Waals surface area contributed by atoms with Gasteiger partial charge in [0.25, 0.3) is 6.43 Å². The zero-order chi connectivity index (χ0) is 11.4. The predicted molar refractivity (Wildman–Crippen MR) is 45.2 cm³/mol. The van der Waals surface area contributed by atoms with Gasteiger partial charge in [-0.25, -0.2) is 8.78 Å². The van der Waals surface area contributed by atoms with Crippen molar-refractivity contribution in [3.63, 3.8) is 0 Å². The van der Waals surface area contributed by atoms with Crippen molar-refractivity contribution in [1.29, 1.82) is 5.26 Å². The first kappa shape index (κ1) is 11.0. The molecular weight excluding hydrogens is 206 g/mol. The van der Waals surface area contributed by atoms with Crippen LogP contribution in [0.4, 0.5) is 8.78 Å². The first-order valence-corrected chi connectivity index (χ1v) is 3.94. The van der Waals surface area contributed by atoms with E-state index in [-0.39, 0.29) is 11.3 Å². The number of nitriles is 1. The average Bonchev–Trinajstić information content (AvgIpc) is 2.16. The fraction of sp³-hybridized carbons (Fsp3) is 0.222. The summed E-state index contributed by atoms with van der Waals surface area (Å²) in [5, 5.41) is 17.1. The number of rotatable bonds is 3. The number of pyridine rings is 1. The second kappa shape index (κ2) is 4.46. The van der Waals surface area contributed by atoms with Gasteiger partial charge in [-0.3, -0.25) is 9.78 Å². The molecule has 0 unspecified atom stereocenters. The minimum absolute atomic E-state index is 0.136. The highest BCUT2D eigenvalue weighted by atomic mass is 19.3. The lowest BCUT2D eigenvalue weighted by Gasteiger charge is -2.05. The van der Waals surface area contributed by atoms with E-state index >= 15 is 0 Å². The van der Waals surface area contributed by atoms with Crippen LogP contribution in [0, 0.1) is 11.3 Å². The van der Waals surface area contributed by atoms with Crippen molar-refractivity contribution in [2.45, 2.75) is 12.8 Å². The maximum atomic E-state index is 12.4. The van der Waals surface area contributed by atoms with Gasteiger partial charge in [-0.2, -0.15) is 5.26 Å². The molecular formula is C9H6F2N2O2. The van der Waals surface area contributed by atoms with Gasteiger partial charge in [-0.05, 0) is 6.07 Å². The van der Waals surface area contributed by atoms with Crippen LogP contribution >= 0.6 is 0 Å². The van der Waals surface area contributed by atoms with E-state index in [1.54, 1.807) is 6.07 Å². The molecule has 78 valence electrons. The van der Waals surface area contributed by atoms with Gasteiger partial charge in [0, 0.05) is 11.8 Å². The maximum absolute atomic E-state index is 12.4. The summed E-state index contributed by atoms with van der Waals surface area (Å²) in [5.74, 6) is -1.22. The number of carboxylic acids is 1. The van der Waals surface area contributed by atoms with Crippen LogP contribution in [0.5, 0.6) is 0 Å². The molecule has 0 spiro atoms. The van der Waals surface area contributed by atoms with Crippen LogP contribution in [0.1, 0.15) is 23.2 Å². The van der Waals surface area contributed by atoms with Gasteiger partial charge in [0.15, 0.2) is 0 Å². The topological polar surface area (TPSA) is 74.0 Å². The van der Waals surface area contributed by atoms with Crippen molar-refractivity contribution in [2.75, 3.05) is 0 Å². The third kappa shape index (κ3) is 2.47. The lowest BCUT2D eigenvalue weighted by molar-refractivity contribution is -0.136. The van der Waals surface area contributed by atoms with Crippen LogP contribution < -0.4 is 0 Å². The Labute approximate surface area is 83.8 Å². The van der Waals surface area contributed by atoms with Crippen LogP contribution in [0.25, 0.3) is 0 Å². The van der Waals surface area contributed by atoms with E-state index in [1.807, 2.05) is 0 Å². The largest absolute Gasteiger partial charge is 0.481 e. The molecule has 1 rings (SSSR count). The van der Waals surface area contributed by atoms with E-state index < -0.39 is 24.4 Å². The monoisotopic (exact) mass is 212 g/mol. The zero-order valence-electron chi connectivity index (χ0n) is 7.44. The normalized spacial score (nSPS) is 10.0. The zero-order valence-corrected chi connectivity index (χ0v) is 7.44. The molecule has 0 aromatic carbocycles. The standard InChI is InChI=1S/C9H6F2N2O2/c10-9(11)5-1-2-13-7(3-8(14)15)6(5)4-12/h1-2,9H,3H2,(H,14,15). The number of hydrogen-bond acceptors (Lipinski definition) is 3. The van der Waals surface area contributed by atoms with E-state index in [4.69, 9.17) is 10.4 Å². The molecule has 1 N–H and O–H groups in total.